The molecule has 1 fully saturated rings. The molecule has 2 heterocycles. The van der Waals surface area contributed by atoms with Gasteiger partial charge < -0.3 is 14.4 Å². The largest absolute Gasteiger partial charge is 0.493 e. The number of piperidine rings is 1. The summed E-state index contributed by atoms with van der Waals surface area (Å²) in [6.45, 7) is 4.03. The highest BCUT2D eigenvalue weighted by Crippen LogP contribution is 2.29. The summed E-state index contributed by atoms with van der Waals surface area (Å²) in [5.41, 5.74) is 1.54. The lowest BCUT2D eigenvalue weighted by molar-refractivity contribution is 0.0724. The molecule has 6 heteroatoms. The summed E-state index contributed by atoms with van der Waals surface area (Å²) in [5, 5.41) is 3.00. The number of hydrogen-bond acceptors (Lipinski definition) is 5. The van der Waals surface area contributed by atoms with E-state index in [1.165, 1.54) is 6.42 Å². The lowest BCUT2D eigenvalue weighted by atomic mass is 10.1. The van der Waals surface area contributed by atoms with Gasteiger partial charge in [0.25, 0.3) is 5.91 Å². The van der Waals surface area contributed by atoms with E-state index in [4.69, 9.17) is 9.47 Å². The fraction of sp³-hybridized carbons (Fsp3) is 0.444. The van der Waals surface area contributed by atoms with Crippen LogP contribution in [0.3, 0.4) is 0 Å². The molecular formula is C18H22N2O3S. The zero-order valence-electron chi connectivity index (χ0n) is 14.1. The molecule has 1 aromatic heterocycles. The van der Waals surface area contributed by atoms with Crippen molar-refractivity contribution < 1.29 is 14.3 Å². The van der Waals surface area contributed by atoms with Gasteiger partial charge in [-0.1, -0.05) is 0 Å². The van der Waals surface area contributed by atoms with E-state index in [1.807, 2.05) is 17.2 Å². The SMILES string of the molecule is COc1cc(C(=O)N2CCCCC2)ccc1OCc1csc(C)n1. The molecule has 1 amide bonds. The Kier molecular flexibility index (Phi) is 5.35. The van der Waals surface area contributed by atoms with Gasteiger partial charge in [0.1, 0.15) is 6.61 Å². The number of carbonyl (C=O) groups is 1. The smallest absolute Gasteiger partial charge is 0.253 e. The van der Waals surface area contributed by atoms with Crippen molar-refractivity contribution in [1.29, 1.82) is 0 Å². The maximum absolute atomic E-state index is 12.6. The van der Waals surface area contributed by atoms with Crippen LogP contribution in [-0.4, -0.2) is 36.0 Å². The van der Waals surface area contributed by atoms with Crippen LogP contribution in [0.15, 0.2) is 23.6 Å². The number of thiazole rings is 1. The fourth-order valence-corrected chi connectivity index (χ4v) is 3.42. The highest BCUT2D eigenvalue weighted by Gasteiger charge is 2.19. The van der Waals surface area contributed by atoms with E-state index in [1.54, 1.807) is 36.6 Å². The van der Waals surface area contributed by atoms with Crippen molar-refractivity contribution in [3.8, 4) is 11.5 Å². The lowest BCUT2D eigenvalue weighted by Crippen LogP contribution is -2.35. The van der Waals surface area contributed by atoms with Crippen LogP contribution in [0.2, 0.25) is 0 Å². The molecule has 0 bridgehead atoms. The molecular weight excluding hydrogens is 324 g/mol. The molecule has 0 spiro atoms. The van der Waals surface area contributed by atoms with Gasteiger partial charge in [-0.05, 0) is 44.4 Å². The average molecular weight is 346 g/mol. The third kappa shape index (κ3) is 3.87. The summed E-state index contributed by atoms with van der Waals surface area (Å²) in [5.74, 6) is 1.26. The molecule has 0 atom stereocenters. The molecule has 0 aliphatic carbocycles. The first-order valence-electron chi connectivity index (χ1n) is 8.18. The summed E-state index contributed by atoms with van der Waals surface area (Å²) < 4.78 is 11.2. The topological polar surface area (TPSA) is 51.7 Å². The summed E-state index contributed by atoms with van der Waals surface area (Å²) in [4.78, 5) is 18.9. The minimum atomic E-state index is 0.0645. The van der Waals surface area contributed by atoms with Gasteiger partial charge in [0, 0.05) is 24.0 Å². The number of methoxy groups -OCH3 is 1. The van der Waals surface area contributed by atoms with Crippen molar-refractivity contribution in [3.05, 3.63) is 39.8 Å². The second kappa shape index (κ2) is 7.66. The van der Waals surface area contributed by atoms with Crippen LogP contribution in [0.4, 0.5) is 0 Å². The maximum Gasteiger partial charge on any atom is 0.253 e. The molecule has 128 valence electrons. The molecule has 2 aromatic rings. The van der Waals surface area contributed by atoms with Crippen molar-refractivity contribution in [2.75, 3.05) is 20.2 Å². The quantitative estimate of drug-likeness (QED) is 0.829. The lowest BCUT2D eigenvalue weighted by Gasteiger charge is -2.27. The highest BCUT2D eigenvalue weighted by atomic mass is 32.1. The van der Waals surface area contributed by atoms with E-state index in [9.17, 15) is 4.79 Å². The molecule has 0 saturated carbocycles. The normalized spacial score (nSPS) is 14.5. The van der Waals surface area contributed by atoms with Gasteiger partial charge in [-0.3, -0.25) is 4.79 Å². The second-order valence-electron chi connectivity index (χ2n) is 5.87. The number of hydrogen-bond donors (Lipinski definition) is 0. The van der Waals surface area contributed by atoms with Crippen LogP contribution >= 0.6 is 11.3 Å². The fourth-order valence-electron chi connectivity index (χ4n) is 2.83. The van der Waals surface area contributed by atoms with Crippen molar-refractivity contribution in [2.24, 2.45) is 0 Å². The van der Waals surface area contributed by atoms with E-state index in [0.29, 0.717) is 23.7 Å². The Morgan fingerprint density at radius 1 is 1.25 bits per heavy atom. The Labute approximate surface area is 146 Å². The first-order valence-corrected chi connectivity index (χ1v) is 9.06. The molecule has 0 radical (unpaired) electrons. The van der Waals surface area contributed by atoms with Gasteiger partial charge >= 0.3 is 0 Å². The van der Waals surface area contributed by atoms with E-state index >= 15 is 0 Å². The Hall–Kier alpha value is -2.08. The van der Waals surface area contributed by atoms with Crippen LogP contribution in [-0.2, 0) is 6.61 Å². The molecule has 0 unspecified atom stereocenters. The van der Waals surface area contributed by atoms with Gasteiger partial charge in [0.15, 0.2) is 11.5 Å². The number of ether oxygens (including phenoxy) is 2. The van der Waals surface area contributed by atoms with Crippen molar-refractivity contribution in [1.82, 2.24) is 9.88 Å². The summed E-state index contributed by atoms with van der Waals surface area (Å²) in [6.07, 6.45) is 3.37. The number of amides is 1. The number of rotatable bonds is 5. The number of aryl methyl sites for hydroxylation is 1. The molecule has 1 saturated heterocycles. The molecule has 1 aliphatic heterocycles. The first-order chi connectivity index (χ1) is 11.7. The van der Waals surface area contributed by atoms with Gasteiger partial charge in [-0.25, -0.2) is 4.98 Å². The van der Waals surface area contributed by atoms with Crippen LogP contribution in [0.1, 0.15) is 40.3 Å². The maximum atomic E-state index is 12.6. The average Bonchev–Trinajstić information content (AvgIpc) is 3.05. The zero-order valence-corrected chi connectivity index (χ0v) is 14.9. The number of likely N-dealkylation sites (tertiary alicyclic amines) is 1. The van der Waals surface area contributed by atoms with Crippen molar-refractivity contribution in [3.63, 3.8) is 0 Å². The molecule has 24 heavy (non-hydrogen) atoms. The predicted molar refractivity (Wildman–Crippen MR) is 93.9 cm³/mol. The van der Waals surface area contributed by atoms with Gasteiger partial charge in [0.2, 0.25) is 0 Å². The Morgan fingerprint density at radius 3 is 2.71 bits per heavy atom. The third-order valence-corrected chi connectivity index (χ3v) is 4.92. The predicted octanol–water partition coefficient (Wildman–Crippen LogP) is 3.67. The minimum Gasteiger partial charge on any atom is -0.493 e. The van der Waals surface area contributed by atoms with Crippen molar-refractivity contribution >= 4 is 17.2 Å². The van der Waals surface area contributed by atoms with E-state index < -0.39 is 0 Å². The van der Waals surface area contributed by atoms with Crippen LogP contribution in [0, 0.1) is 6.92 Å². The highest BCUT2D eigenvalue weighted by molar-refractivity contribution is 7.09. The number of aromatic nitrogens is 1. The van der Waals surface area contributed by atoms with Crippen molar-refractivity contribution in [2.45, 2.75) is 32.8 Å². The van der Waals surface area contributed by atoms with Crippen LogP contribution < -0.4 is 9.47 Å². The van der Waals surface area contributed by atoms with Gasteiger partial charge in [-0.2, -0.15) is 0 Å². The van der Waals surface area contributed by atoms with E-state index in [2.05, 4.69) is 4.98 Å². The van der Waals surface area contributed by atoms with E-state index in [0.717, 1.165) is 36.6 Å². The molecule has 1 aromatic carbocycles. The number of benzene rings is 1. The minimum absolute atomic E-state index is 0.0645. The first kappa shape index (κ1) is 16.8. The van der Waals surface area contributed by atoms with Gasteiger partial charge in [0.05, 0.1) is 17.8 Å². The zero-order chi connectivity index (χ0) is 16.9. The summed E-state index contributed by atoms with van der Waals surface area (Å²) >= 11 is 1.60. The Morgan fingerprint density at radius 2 is 2.04 bits per heavy atom. The Bertz CT molecular complexity index is 708. The molecule has 1 aliphatic rings. The van der Waals surface area contributed by atoms with Crippen LogP contribution in [0.5, 0.6) is 11.5 Å². The molecule has 0 N–H and O–H groups in total. The number of carbonyl (C=O) groups excluding carboxylic acids is 1. The third-order valence-electron chi connectivity index (χ3n) is 4.10. The standard InChI is InChI=1S/C18H22N2O3S/c1-13-19-15(12-24-13)11-23-16-7-6-14(10-17(16)22-2)18(21)20-8-4-3-5-9-20/h6-7,10,12H,3-5,8-9,11H2,1-2H3. The second-order valence-corrected chi connectivity index (χ2v) is 6.93. The van der Waals surface area contributed by atoms with Gasteiger partial charge in [-0.15, -0.1) is 11.3 Å². The summed E-state index contributed by atoms with van der Waals surface area (Å²) in [7, 11) is 1.59. The van der Waals surface area contributed by atoms with Crippen LogP contribution in [0.25, 0.3) is 0 Å². The number of nitrogens with zero attached hydrogens (tertiary/aromatic N) is 2. The van der Waals surface area contributed by atoms with E-state index in [-0.39, 0.29) is 5.91 Å². The monoisotopic (exact) mass is 346 g/mol. The Balaban J connectivity index is 1.71. The molecule has 3 rings (SSSR count). The summed E-state index contributed by atoms with van der Waals surface area (Å²) in [6, 6.07) is 5.37. The molecule has 5 nitrogen and oxygen atoms in total.